The van der Waals surface area contributed by atoms with Gasteiger partial charge in [0.25, 0.3) is 0 Å². The maximum atomic E-state index is 13.3. The lowest BCUT2D eigenvalue weighted by Crippen LogP contribution is -2.38. The summed E-state index contributed by atoms with van der Waals surface area (Å²) >= 11 is 0. The molecule has 0 aliphatic heterocycles. The number of carbonyl (C=O) groups excluding carboxylic acids is 1. The number of nitrogens with zero attached hydrogens (tertiary/aromatic N) is 1. The highest BCUT2D eigenvalue weighted by Gasteiger charge is 2.30. The number of allylic oxidation sites excluding steroid dienone is 2. The molecule has 4 aromatic rings. The van der Waals surface area contributed by atoms with Gasteiger partial charge in [0.05, 0.1) is 17.9 Å². The first-order valence-electron chi connectivity index (χ1n) is 14.3. The summed E-state index contributed by atoms with van der Waals surface area (Å²) in [6.45, 7) is 4.00. The molecule has 2 N–H and O–H groups in total. The van der Waals surface area contributed by atoms with Gasteiger partial charge >= 0.3 is 12.1 Å². The number of aryl methyl sites for hydroxylation is 1. The fourth-order valence-electron chi connectivity index (χ4n) is 4.53. The van der Waals surface area contributed by atoms with E-state index in [0.717, 1.165) is 35.7 Å². The molecular weight excluding hydrogens is 592 g/mol. The molecule has 0 amide bonds. The molecule has 7 nitrogen and oxygen atoms in total. The lowest BCUT2D eigenvalue weighted by molar-refractivity contribution is -0.139. The molecule has 0 aliphatic carbocycles. The Labute approximate surface area is 257 Å². The molecule has 1 aromatic heterocycles. The molecule has 45 heavy (non-hydrogen) atoms. The predicted molar refractivity (Wildman–Crippen MR) is 159 cm³/mol. The predicted octanol–water partition coefficient (Wildman–Crippen LogP) is 7.45. The Balaban J connectivity index is 1.34. The van der Waals surface area contributed by atoms with Gasteiger partial charge in [0, 0.05) is 42.2 Å². The molecule has 0 fully saturated rings. The zero-order valence-electron chi connectivity index (χ0n) is 24.7. The van der Waals surface area contributed by atoms with E-state index < -0.39 is 29.5 Å². The van der Waals surface area contributed by atoms with Gasteiger partial charge in [-0.1, -0.05) is 38.1 Å². The highest BCUT2D eigenvalue weighted by molar-refractivity contribution is 6.04. The second kappa shape index (κ2) is 14.7. The van der Waals surface area contributed by atoms with Crippen LogP contribution in [0.1, 0.15) is 53.2 Å². The molecule has 11 heteroatoms. The largest absolute Gasteiger partial charge is 0.493 e. The Bertz CT molecular complexity index is 1630. The molecule has 0 spiro atoms. The van der Waals surface area contributed by atoms with E-state index in [1.807, 2.05) is 6.92 Å². The third-order valence-electron chi connectivity index (χ3n) is 7.00. The highest BCUT2D eigenvalue weighted by Crippen LogP contribution is 2.29. The lowest BCUT2D eigenvalue weighted by Gasteiger charge is -2.18. The number of aromatic nitrogens is 1. The average Bonchev–Trinajstić information content (AvgIpc) is 3.44. The van der Waals surface area contributed by atoms with E-state index in [-0.39, 0.29) is 17.8 Å². The van der Waals surface area contributed by atoms with Crippen LogP contribution in [0, 0.1) is 5.82 Å². The van der Waals surface area contributed by atoms with Crippen molar-refractivity contribution in [2.24, 2.45) is 0 Å². The third kappa shape index (κ3) is 9.04. The fourth-order valence-corrected chi connectivity index (χ4v) is 4.53. The van der Waals surface area contributed by atoms with Crippen LogP contribution in [0.2, 0.25) is 0 Å². The number of alkyl halides is 3. The number of aliphatic carboxylic acids is 1. The van der Waals surface area contributed by atoms with Crippen molar-refractivity contribution >= 4 is 11.8 Å². The molecule has 0 radical (unpaired) electrons. The van der Waals surface area contributed by atoms with Gasteiger partial charge in [-0.15, -0.1) is 0 Å². The first-order valence-corrected chi connectivity index (χ1v) is 14.3. The van der Waals surface area contributed by atoms with Crippen LogP contribution in [0.5, 0.6) is 5.75 Å². The Morgan fingerprint density at radius 2 is 1.67 bits per heavy atom. The number of ether oxygens (including phenoxy) is 1. The number of benzene rings is 3. The molecule has 1 atom stereocenters. The minimum absolute atomic E-state index is 0.0565. The molecule has 0 aliphatic rings. The van der Waals surface area contributed by atoms with E-state index in [2.05, 4.69) is 10.3 Å². The van der Waals surface area contributed by atoms with Crippen molar-refractivity contribution in [1.29, 1.82) is 0 Å². The summed E-state index contributed by atoms with van der Waals surface area (Å²) in [6, 6.07) is 15.6. The lowest BCUT2D eigenvalue weighted by atomic mass is 10.0. The normalized spacial score (nSPS) is 12.5. The Hall–Kier alpha value is -4.93. The number of halogens is 4. The molecule has 0 saturated heterocycles. The quantitative estimate of drug-likeness (QED) is 0.0854. The van der Waals surface area contributed by atoms with Crippen molar-refractivity contribution in [1.82, 2.24) is 10.3 Å². The van der Waals surface area contributed by atoms with Crippen molar-refractivity contribution in [3.63, 3.8) is 0 Å². The monoisotopic (exact) mass is 624 g/mol. The average molecular weight is 625 g/mol. The first-order chi connectivity index (χ1) is 21.5. The maximum Gasteiger partial charge on any atom is 0.416 e. The number of ketones is 1. The standard InChI is InChI=1S/C34H32F4N2O5/c1-3-26(20-30(41)22-7-11-24(12-8-22)34(36,37)38)39-29(33(42)43)19-21-5-15-27(16-6-21)44-18-17-28-31(4-2)45-32(40-28)23-9-13-25(35)14-10-23/h5-16,20,29,39H,3-4,17-19H2,1-2H3,(H,42,43)/b26-20-/t29-/m0/s1. The van der Waals surface area contributed by atoms with E-state index in [4.69, 9.17) is 9.15 Å². The molecular formula is C34H32F4N2O5. The Kier molecular flexibility index (Phi) is 10.8. The molecule has 4 rings (SSSR count). The summed E-state index contributed by atoms with van der Waals surface area (Å²) in [7, 11) is 0. The fraction of sp³-hybridized carbons (Fsp3) is 0.265. The van der Waals surface area contributed by atoms with Crippen molar-refractivity contribution in [3.05, 3.63) is 119 Å². The topological polar surface area (TPSA) is 102 Å². The number of carbonyl (C=O) groups is 2. The number of oxazole rings is 1. The smallest absolute Gasteiger partial charge is 0.416 e. The van der Waals surface area contributed by atoms with Crippen LogP contribution in [0.3, 0.4) is 0 Å². The minimum atomic E-state index is -4.51. The Morgan fingerprint density at radius 1 is 1.00 bits per heavy atom. The number of nitrogens with one attached hydrogen (secondary N) is 1. The molecule has 236 valence electrons. The maximum absolute atomic E-state index is 13.3. The van der Waals surface area contributed by atoms with Gasteiger partial charge in [0.15, 0.2) is 5.78 Å². The summed E-state index contributed by atoms with van der Waals surface area (Å²) in [5.74, 6) is -0.294. The molecule has 0 bridgehead atoms. The number of carboxylic acids is 1. The minimum Gasteiger partial charge on any atom is -0.493 e. The van der Waals surface area contributed by atoms with Gasteiger partial charge in [0.2, 0.25) is 5.89 Å². The van der Waals surface area contributed by atoms with Crippen LogP contribution < -0.4 is 10.1 Å². The highest BCUT2D eigenvalue weighted by atomic mass is 19.4. The summed E-state index contributed by atoms with van der Waals surface area (Å²) in [4.78, 5) is 29.2. The number of hydrogen-bond donors (Lipinski definition) is 2. The van der Waals surface area contributed by atoms with E-state index in [1.165, 1.54) is 18.2 Å². The van der Waals surface area contributed by atoms with Crippen LogP contribution in [0.25, 0.3) is 11.5 Å². The molecule has 0 saturated carbocycles. The van der Waals surface area contributed by atoms with E-state index >= 15 is 0 Å². The Morgan fingerprint density at radius 3 is 2.24 bits per heavy atom. The second-order valence-corrected chi connectivity index (χ2v) is 10.2. The van der Waals surface area contributed by atoms with Gasteiger partial charge in [-0.25, -0.2) is 14.2 Å². The van der Waals surface area contributed by atoms with Gasteiger partial charge in [-0.2, -0.15) is 13.2 Å². The van der Waals surface area contributed by atoms with Crippen molar-refractivity contribution in [2.45, 2.75) is 51.7 Å². The SMILES string of the molecule is CC/C(=C/C(=O)c1ccc(C(F)(F)F)cc1)N[C@@H](Cc1ccc(OCCc2nc(-c3ccc(F)cc3)oc2CC)cc1)C(=O)O. The number of carboxylic acid groups (broad SMARTS) is 1. The zero-order chi connectivity index (χ0) is 32.6. The van der Waals surface area contributed by atoms with Gasteiger partial charge in [-0.05, 0) is 60.5 Å². The summed E-state index contributed by atoms with van der Waals surface area (Å²) < 4.78 is 63.5. The summed E-state index contributed by atoms with van der Waals surface area (Å²) in [6.07, 6.45) is -1.78. The third-order valence-corrected chi connectivity index (χ3v) is 7.00. The van der Waals surface area contributed by atoms with Crippen molar-refractivity contribution in [2.75, 3.05) is 6.61 Å². The first kappa shape index (κ1) is 33.0. The molecule has 0 unspecified atom stereocenters. The number of hydrogen-bond acceptors (Lipinski definition) is 6. The van der Waals surface area contributed by atoms with Crippen molar-refractivity contribution in [3.8, 4) is 17.2 Å². The van der Waals surface area contributed by atoms with Crippen LogP contribution >= 0.6 is 0 Å². The van der Waals surface area contributed by atoms with E-state index in [0.29, 0.717) is 54.3 Å². The molecule has 3 aromatic carbocycles. The van der Waals surface area contributed by atoms with Gasteiger partial charge in [-0.3, -0.25) is 4.79 Å². The van der Waals surface area contributed by atoms with Gasteiger partial charge in [0.1, 0.15) is 23.4 Å². The van der Waals surface area contributed by atoms with Crippen LogP contribution in [-0.4, -0.2) is 34.5 Å². The van der Waals surface area contributed by atoms with Crippen molar-refractivity contribution < 1.29 is 41.4 Å². The molecule has 1 heterocycles. The zero-order valence-corrected chi connectivity index (χ0v) is 24.7. The van der Waals surface area contributed by atoms with Gasteiger partial charge < -0.3 is 19.6 Å². The second-order valence-electron chi connectivity index (χ2n) is 10.2. The summed E-state index contributed by atoms with van der Waals surface area (Å²) in [5, 5.41) is 12.7. The van der Waals surface area contributed by atoms with Crippen LogP contribution in [-0.2, 0) is 30.2 Å². The number of rotatable bonds is 14. The van der Waals surface area contributed by atoms with E-state index in [9.17, 15) is 32.3 Å². The summed E-state index contributed by atoms with van der Waals surface area (Å²) in [5.41, 5.74) is 1.67. The van der Waals surface area contributed by atoms with Crippen LogP contribution in [0.15, 0.2) is 89.0 Å². The van der Waals surface area contributed by atoms with E-state index in [1.54, 1.807) is 43.3 Å². The van der Waals surface area contributed by atoms with Crippen LogP contribution in [0.4, 0.5) is 17.6 Å².